The van der Waals surface area contributed by atoms with Crippen LogP contribution in [0, 0.1) is 0 Å². The second-order valence-electron chi connectivity index (χ2n) is 3.43. The zero-order valence-corrected chi connectivity index (χ0v) is 9.40. The van der Waals surface area contributed by atoms with E-state index in [1.807, 2.05) is 0 Å². The fraction of sp³-hybridized carbons (Fsp3) is 0.182. The van der Waals surface area contributed by atoms with E-state index in [0.29, 0.717) is 0 Å². The Labute approximate surface area is 93.5 Å². The van der Waals surface area contributed by atoms with E-state index in [2.05, 4.69) is 4.74 Å². The highest BCUT2D eigenvalue weighted by molar-refractivity contribution is 7.94. The smallest absolute Gasteiger partial charge is 0.335 e. The summed E-state index contributed by atoms with van der Waals surface area (Å²) in [6.07, 6.45) is 2.67. The average molecular weight is 238 g/mol. The van der Waals surface area contributed by atoms with Gasteiger partial charge < -0.3 is 4.74 Å². The number of hydrogen-bond acceptors (Lipinski definition) is 4. The van der Waals surface area contributed by atoms with Crippen molar-refractivity contribution in [3.05, 3.63) is 42.5 Å². The molecule has 0 amide bonds. The van der Waals surface area contributed by atoms with Crippen molar-refractivity contribution in [2.45, 2.75) is 9.64 Å². The van der Waals surface area contributed by atoms with E-state index in [9.17, 15) is 13.2 Å². The number of hydrogen-bond donors (Lipinski definition) is 0. The van der Waals surface area contributed by atoms with Crippen LogP contribution in [0.25, 0.3) is 0 Å². The lowest BCUT2D eigenvalue weighted by atomic mass is 10.4. The molecule has 0 spiro atoms. The molecule has 0 atom stereocenters. The molecule has 0 fully saturated rings. The zero-order valence-electron chi connectivity index (χ0n) is 8.58. The maximum Gasteiger partial charge on any atom is 0.335 e. The molecule has 0 N–H and O–H groups in total. The van der Waals surface area contributed by atoms with Crippen LogP contribution >= 0.6 is 0 Å². The van der Waals surface area contributed by atoms with Crippen LogP contribution < -0.4 is 0 Å². The minimum atomic E-state index is -3.72. The Morgan fingerprint density at radius 1 is 1.19 bits per heavy atom. The van der Waals surface area contributed by atoms with E-state index in [-0.39, 0.29) is 4.90 Å². The highest BCUT2D eigenvalue weighted by atomic mass is 32.2. The number of carbonyl (C=O) groups is 1. The Hall–Kier alpha value is -1.62. The molecule has 0 saturated carbocycles. The summed E-state index contributed by atoms with van der Waals surface area (Å²) in [6, 6.07) is 7.85. The molecule has 1 aromatic rings. The molecule has 4 nitrogen and oxygen atoms in total. The first-order valence-corrected chi connectivity index (χ1v) is 6.11. The third-order valence-corrected chi connectivity index (χ3v) is 4.69. The van der Waals surface area contributed by atoms with Gasteiger partial charge in [-0.05, 0) is 24.3 Å². The lowest BCUT2D eigenvalue weighted by Gasteiger charge is -2.14. The summed E-state index contributed by atoms with van der Waals surface area (Å²) in [7, 11) is -2.55. The highest BCUT2D eigenvalue weighted by Gasteiger charge is 2.56. The molecule has 0 heterocycles. The van der Waals surface area contributed by atoms with Crippen molar-refractivity contribution in [3.63, 3.8) is 0 Å². The number of sulfone groups is 1. The largest absolute Gasteiger partial charge is 0.467 e. The number of rotatable bonds is 3. The highest BCUT2D eigenvalue weighted by Crippen LogP contribution is 2.38. The van der Waals surface area contributed by atoms with E-state index < -0.39 is 20.6 Å². The van der Waals surface area contributed by atoms with Gasteiger partial charge in [-0.2, -0.15) is 0 Å². The summed E-state index contributed by atoms with van der Waals surface area (Å²) in [6.45, 7) is 0. The van der Waals surface area contributed by atoms with E-state index in [1.165, 1.54) is 31.4 Å². The van der Waals surface area contributed by atoms with Crippen molar-refractivity contribution < 1.29 is 17.9 Å². The van der Waals surface area contributed by atoms with Gasteiger partial charge in [-0.25, -0.2) is 13.2 Å². The van der Waals surface area contributed by atoms with Gasteiger partial charge in [0.05, 0.1) is 12.0 Å². The van der Waals surface area contributed by atoms with Crippen molar-refractivity contribution in [3.8, 4) is 0 Å². The Kier molecular flexibility index (Phi) is 2.35. The Balaban J connectivity index is 2.46. The van der Waals surface area contributed by atoms with Gasteiger partial charge in [0.1, 0.15) is 0 Å². The summed E-state index contributed by atoms with van der Waals surface area (Å²) in [5.74, 6) is -0.767. The van der Waals surface area contributed by atoms with Crippen molar-refractivity contribution in [1.82, 2.24) is 0 Å². The SMILES string of the molecule is COC(=O)C1(S(=O)(=O)c2ccccc2)C=C1. The molecule has 0 bridgehead atoms. The quantitative estimate of drug-likeness (QED) is 0.581. The molecule has 1 aromatic carbocycles. The fourth-order valence-electron chi connectivity index (χ4n) is 1.45. The third-order valence-electron chi connectivity index (χ3n) is 2.47. The Bertz CT molecular complexity index is 537. The summed E-state index contributed by atoms with van der Waals surface area (Å²) in [5.41, 5.74) is 0. The van der Waals surface area contributed by atoms with Gasteiger partial charge in [0.2, 0.25) is 14.6 Å². The van der Waals surface area contributed by atoms with Gasteiger partial charge in [0, 0.05) is 0 Å². The molecule has 1 aliphatic rings. The summed E-state index contributed by atoms with van der Waals surface area (Å²) < 4.78 is 27.2. The van der Waals surface area contributed by atoms with Crippen LogP contribution in [0.5, 0.6) is 0 Å². The van der Waals surface area contributed by atoms with Crippen molar-refractivity contribution in [2.75, 3.05) is 7.11 Å². The van der Waals surface area contributed by atoms with Crippen LogP contribution in [0.1, 0.15) is 0 Å². The normalized spacial score (nSPS) is 16.8. The Morgan fingerprint density at radius 2 is 1.75 bits per heavy atom. The van der Waals surface area contributed by atoms with Crippen LogP contribution in [-0.2, 0) is 19.4 Å². The maximum absolute atomic E-state index is 12.2. The average Bonchev–Trinajstić information content (AvgIpc) is 3.10. The molecule has 16 heavy (non-hydrogen) atoms. The van der Waals surface area contributed by atoms with Crippen LogP contribution in [0.15, 0.2) is 47.4 Å². The lowest BCUT2D eigenvalue weighted by molar-refractivity contribution is -0.140. The van der Waals surface area contributed by atoms with E-state index in [0.717, 1.165) is 0 Å². The van der Waals surface area contributed by atoms with E-state index in [4.69, 9.17) is 0 Å². The molecular weight excluding hydrogens is 228 g/mol. The topological polar surface area (TPSA) is 60.4 Å². The summed E-state index contributed by atoms with van der Waals surface area (Å²) in [5, 5.41) is 0. The van der Waals surface area contributed by atoms with Crippen LogP contribution in [0.2, 0.25) is 0 Å². The second-order valence-corrected chi connectivity index (χ2v) is 5.59. The first-order valence-electron chi connectivity index (χ1n) is 4.63. The third kappa shape index (κ3) is 1.36. The van der Waals surface area contributed by atoms with Gasteiger partial charge in [0.25, 0.3) is 0 Å². The number of ether oxygens (including phenoxy) is 1. The maximum atomic E-state index is 12.2. The molecular formula is C11H10O4S. The monoisotopic (exact) mass is 238 g/mol. The van der Waals surface area contributed by atoms with Crippen LogP contribution in [0.4, 0.5) is 0 Å². The van der Waals surface area contributed by atoms with Gasteiger partial charge >= 0.3 is 5.97 Å². The molecule has 0 radical (unpaired) electrons. The molecule has 0 unspecified atom stereocenters. The Morgan fingerprint density at radius 3 is 2.19 bits per heavy atom. The molecule has 1 aliphatic carbocycles. The lowest BCUT2D eigenvalue weighted by Crippen LogP contribution is -2.35. The van der Waals surface area contributed by atoms with Crippen molar-refractivity contribution in [1.29, 1.82) is 0 Å². The number of carbonyl (C=O) groups excluding carboxylic acids is 1. The number of methoxy groups -OCH3 is 1. The van der Waals surface area contributed by atoms with Gasteiger partial charge in [-0.1, -0.05) is 18.2 Å². The molecule has 0 saturated heterocycles. The first-order chi connectivity index (χ1) is 7.54. The molecule has 2 rings (SSSR count). The predicted octanol–water partition coefficient (Wildman–Crippen LogP) is 0.942. The van der Waals surface area contributed by atoms with Crippen LogP contribution in [0.3, 0.4) is 0 Å². The van der Waals surface area contributed by atoms with Crippen molar-refractivity contribution >= 4 is 15.8 Å². The number of esters is 1. The summed E-state index contributed by atoms with van der Waals surface area (Å²) >= 11 is 0. The molecule has 0 aliphatic heterocycles. The van der Waals surface area contributed by atoms with Gasteiger partial charge in [-0.15, -0.1) is 0 Å². The number of benzene rings is 1. The molecule has 84 valence electrons. The predicted molar refractivity (Wildman–Crippen MR) is 57.5 cm³/mol. The first kappa shape index (κ1) is 10.9. The molecule has 0 aromatic heterocycles. The second kappa shape index (κ2) is 3.45. The fourth-order valence-corrected chi connectivity index (χ4v) is 3.09. The molecule has 5 heteroatoms. The van der Waals surface area contributed by atoms with Gasteiger partial charge in [0.15, 0.2) is 0 Å². The zero-order chi connectivity index (χ0) is 11.8. The minimum Gasteiger partial charge on any atom is -0.467 e. The summed E-state index contributed by atoms with van der Waals surface area (Å²) in [4.78, 5) is 11.6. The standard InChI is InChI=1S/C11H10O4S/c1-15-10(12)11(7-8-11)16(13,14)9-5-3-2-4-6-9/h2-8H,1H3. The van der Waals surface area contributed by atoms with Crippen molar-refractivity contribution in [2.24, 2.45) is 0 Å². The van der Waals surface area contributed by atoms with Gasteiger partial charge in [-0.3, -0.25) is 0 Å². The minimum absolute atomic E-state index is 0.116. The van der Waals surface area contributed by atoms with Crippen LogP contribution in [-0.4, -0.2) is 26.2 Å². The van der Waals surface area contributed by atoms with E-state index in [1.54, 1.807) is 18.2 Å². The van der Waals surface area contributed by atoms with E-state index >= 15 is 0 Å².